The van der Waals surface area contributed by atoms with Crippen molar-refractivity contribution in [3.63, 3.8) is 0 Å². The molecule has 3 heteroatoms. The molecule has 0 bridgehead atoms. The molecule has 19 heavy (non-hydrogen) atoms. The van der Waals surface area contributed by atoms with Gasteiger partial charge in [-0.3, -0.25) is 4.99 Å². The van der Waals surface area contributed by atoms with Gasteiger partial charge in [0, 0.05) is 17.1 Å². The normalized spacial score (nSPS) is 24.3. The molecule has 1 saturated carbocycles. The minimum absolute atomic E-state index is 0.216. The topological polar surface area (TPSA) is 48.4 Å². The molecule has 2 unspecified atom stereocenters. The maximum Gasteiger partial charge on any atom is 0.198 e. The Balaban J connectivity index is 1.90. The number of rotatable bonds is 2. The molecule has 3 nitrogen and oxygen atoms in total. The van der Waals surface area contributed by atoms with Gasteiger partial charge in [-0.1, -0.05) is 38.0 Å². The average Bonchev–Trinajstić information content (AvgIpc) is 2.74. The molecule has 1 fully saturated rings. The third-order valence-electron chi connectivity index (χ3n) is 4.19. The predicted octanol–water partition coefficient (Wildman–Crippen LogP) is 3.87. The van der Waals surface area contributed by atoms with Crippen LogP contribution in [0, 0.1) is 5.92 Å². The summed E-state index contributed by atoms with van der Waals surface area (Å²) in [7, 11) is 0. The Morgan fingerprint density at radius 2 is 2.05 bits per heavy atom. The van der Waals surface area contributed by atoms with Crippen molar-refractivity contribution in [2.24, 2.45) is 10.9 Å². The highest BCUT2D eigenvalue weighted by Crippen LogP contribution is 2.28. The van der Waals surface area contributed by atoms with Gasteiger partial charge >= 0.3 is 0 Å². The molecule has 1 aliphatic carbocycles. The number of H-pyrrole nitrogens is 1. The van der Waals surface area contributed by atoms with E-state index in [0.29, 0.717) is 12.0 Å². The van der Waals surface area contributed by atoms with Crippen LogP contribution in [0.25, 0.3) is 10.9 Å². The number of hydrogen-bond donors (Lipinski definition) is 2. The van der Waals surface area contributed by atoms with E-state index in [1.807, 2.05) is 30.5 Å². The van der Waals surface area contributed by atoms with E-state index in [1.54, 1.807) is 0 Å². The SMILES string of the molecule is CC1CCCCC1N=Cc1c(O)[nH]c2ccccc12. The Labute approximate surface area is 113 Å². The lowest BCUT2D eigenvalue weighted by atomic mass is 9.86. The predicted molar refractivity (Wildman–Crippen MR) is 79.0 cm³/mol. The van der Waals surface area contributed by atoms with Crippen LogP contribution < -0.4 is 0 Å². The lowest BCUT2D eigenvalue weighted by molar-refractivity contribution is 0.333. The van der Waals surface area contributed by atoms with Crippen LogP contribution in [-0.4, -0.2) is 22.3 Å². The Morgan fingerprint density at radius 1 is 1.26 bits per heavy atom. The van der Waals surface area contributed by atoms with Crippen LogP contribution >= 0.6 is 0 Å². The van der Waals surface area contributed by atoms with Crippen molar-refractivity contribution in [3.8, 4) is 5.88 Å². The zero-order valence-corrected chi connectivity index (χ0v) is 11.3. The number of aromatic nitrogens is 1. The molecule has 2 N–H and O–H groups in total. The van der Waals surface area contributed by atoms with Crippen LogP contribution in [0.1, 0.15) is 38.2 Å². The number of fused-ring (bicyclic) bond motifs is 1. The van der Waals surface area contributed by atoms with E-state index in [4.69, 9.17) is 4.99 Å². The number of nitrogens with zero attached hydrogens (tertiary/aromatic N) is 1. The lowest BCUT2D eigenvalue weighted by Gasteiger charge is -2.25. The molecule has 1 aromatic heterocycles. The summed E-state index contributed by atoms with van der Waals surface area (Å²) in [5.74, 6) is 0.866. The first kappa shape index (κ1) is 12.3. The van der Waals surface area contributed by atoms with Gasteiger partial charge in [0.2, 0.25) is 0 Å². The lowest BCUT2D eigenvalue weighted by Crippen LogP contribution is -2.20. The maximum atomic E-state index is 9.98. The smallest absolute Gasteiger partial charge is 0.198 e. The second kappa shape index (κ2) is 5.08. The van der Waals surface area contributed by atoms with Gasteiger partial charge in [-0.05, 0) is 24.8 Å². The second-order valence-electron chi connectivity index (χ2n) is 5.54. The van der Waals surface area contributed by atoms with Gasteiger partial charge in [-0.25, -0.2) is 0 Å². The van der Waals surface area contributed by atoms with Crippen molar-refractivity contribution in [3.05, 3.63) is 29.8 Å². The summed E-state index contributed by atoms with van der Waals surface area (Å²) < 4.78 is 0. The van der Waals surface area contributed by atoms with Crippen LogP contribution in [0.4, 0.5) is 0 Å². The van der Waals surface area contributed by atoms with Crippen molar-refractivity contribution < 1.29 is 5.11 Å². The van der Waals surface area contributed by atoms with Gasteiger partial charge in [0.15, 0.2) is 5.88 Å². The van der Waals surface area contributed by atoms with E-state index in [9.17, 15) is 5.11 Å². The Bertz CT molecular complexity index is 600. The molecule has 3 rings (SSSR count). The largest absolute Gasteiger partial charge is 0.494 e. The van der Waals surface area contributed by atoms with Gasteiger partial charge in [-0.2, -0.15) is 0 Å². The summed E-state index contributed by atoms with van der Waals surface area (Å²) in [6, 6.07) is 8.33. The Kier molecular flexibility index (Phi) is 3.28. The number of hydrogen-bond acceptors (Lipinski definition) is 2. The number of nitrogens with one attached hydrogen (secondary N) is 1. The molecule has 1 aliphatic rings. The molecular weight excluding hydrogens is 236 g/mol. The quantitative estimate of drug-likeness (QED) is 0.787. The molecular formula is C16H20N2O. The van der Waals surface area contributed by atoms with E-state index in [0.717, 1.165) is 16.5 Å². The molecule has 0 aliphatic heterocycles. The first-order valence-electron chi connectivity index (χ1n) is 7.08. The summed E-state index contributed by atoms with van der Waals surface area (Å²) in [6.07, 6.45) is 6.88. The number of benzene rings is 1. The summed E-state index contributed by atoms with van der Waals surface area (Å²) in [5, 5.41) is 11.0. The van der Waals surface area contributed by atoms with Crippen LogP contribution in [-0.2, 0) is 0 Å². The van der Waals surface area contributed by atoms with E-state index in [2.05, 4.69) is 11.9 Å². The number of aromatic hydroxyl groups is 1. The summed E-state index contributed by atoms with van der Waals surface area (Å²) in [6.45, 7) is 2.27. The van der Waals surface area contributed by atoms with Crippen molar-refractivity contribution >= 4 is 17.1 Å². The molecule has 0 radical (unpaired) electrons. The van der Waals surface area contributed by atoms with Gasteiger partial charge in [0.25, 0.3) is 0 Å². The van der Waals surface area contributed by atoms with Crippen LogP contribution in [0.5, 0.6) is 5.88 Å². The molecule has 0 amide bonds. The number of para-hydroxylation sites is 1. The molecule has 100 valence electrons. The zero-order chi connectivity index (χ0) is 13.2. The molecule has 0 spiro atoms. The van der Waals surface area contributed by atoms with Gasteiger partial charge in [0.1, 0.15) is 0 Å². The second-order valence-corrected chi connectivity index (χ2v) is 5.54. The van der Waals surface area contributed by atoms with Crippen molar-refractivity contribution in [2.75, 3.05) is 0 Å². The third kappa shape index (κ3) is 2.37. The van der Waals surface area contributed by atoms with Gasteiger partial charge in [0.05, 0.1) is 11.6 Å². The van der Waals surface area contributed by atoms with E-state index in [1.165, 1.54) is 25.7 Å². The van der Waals surface area contributed by atoms with Crippen molar-refractivity contribution in [2.45, 2.75) is 38.6 Å². The Hall–Kier alpha value is -1.77. The zero-order valence-electron chi connectivity index (χ0n) is 11.3. The minimum Gasteiger partial charge on any atom is -0.494 e. The molecule has 2 aromatic rings. The van der Waals surface area contributed by atoms with Crippen molar-refractivity contribution in [1.82, 2.24) is 4.98 Å². The number of aromatic amines is 1. The fourth-order valence-electron chi connectivity index (χ4n) is 2.97. The van der Waals surface area contributed by atoms with Crippen LogP contribution in [0.2, 0.25) is 0 Å². The monoisotopic (exact) mass is 256 g/mol. The maximum absolute atomic E-state index is 9.98. The summed E-state index contributed by atoms with van der Waals surface area (Å²) in [4.78, 5) is 7.70. The molecule has 0 saturated heterocycles. The Morgan fingerprint density at radius 3 is 2.89 bits per heavy atom. The van der Waals surface area contributed by atoms with Crippen molar-refractivity contribution in [1.29, 1.82) is 0 Å². The fraction of sp³-hybridized carbons (Fsp3) is 0.438. The third-order valence-corrected chi connectivity index (χ3v) is 4.19. The number of aliphatic imine (C=N–C) groups is 1. The van der Waals surface area contributed by atoms with Crippen LogP contribution in [0.3, 0.4) is 0 Å². The fourth-order valence-corrected chi connectivity index (χ4v) is 2.97. The standard InChI is InChI=1S/C16H20N2O/c1-11-6-2-4-8-14(11)17-10-13-12-7-3-5-9-15(12)18-16(13)19/h3,5,7,9-11,14,18-19H,2,4,6,8H2,1H3. The molecule has 1 aromatic carbocycles. The van der Waals surface area contributed by atoms with E-state index >= 15 is 0 Å². The minimum atomic E-state index is 0.216. The van der Waals surface area contributed by atoms with Gasteiger partial charge in [-0.15, -0.1) is 0 Å². The highest BCUT2D eigenvalue weighted by Gasteiger charge is 2.20. The average molecular weight is 256 g/mol. The van der Waals surface area contributed by atoms with Crippen LogP contribution in [0.15, 0.2) is 29.3 Å². The summed E-state index contributed by atoms with van der Waals surface area (Å²) in [5.41, 5.74) is 1.77. The van der Waals surface area contributed by atoms with Gasteiger partial charge < -0.3 is 10.1 Å². The molecule has 2 atom stereocenters. The molecule has 1 heterocycles. The van der Waals surface area contributed by atoms with E-state index < -0.39 is 0 Å². The highest BCUT2D eigenvalue weighted by molar-refractivity contribution is 6.01. The summed E-state index contributed by atoms with van der Waals surface area (Å²) >= 11 is 0. The first-order chi connectivity index (χ1) is 9.25. The highest BCUT2D eigenvalue weighted by atomic mass is 16.3. The first-order valence-corrected chi connectivity index (χ1v) is 7.08. The van der Waals surface area contributed by atoms with E-state index in [-0.39, 0.29) is 5.88 Å².